The summed E-state index contributed by atoms with van der Waals surface area (Å²) in [4.78, 5) is 22.6. The average molecular weight is 427 g/mol. The number of nitro benzene ring substituents is 1. The van der Waals surface area contributed by atoms with E-state index in [0.29, 0.717) is 17.0 Å². The lowest BCUT2D eigenvalue weighted by atomic mass is 10.1. The van der Waals surface area contributed by atoms with Crippen molar-refractivity contribution in [1.29, 1.82) is 0 Å². The molecule has 3 rings (SSSR count). The first-order valence-corrected chi connectivity index (χ1v) is 10.2. The van der Waals surface area contributed by atoms with Gasteiger partial charge in [0.05, 0.1) is 28.2 Å². The highest BCUT2D eigenvalue weighted by Crippen LogP contribution is 2.19. The van der Waals surface area contributed by atoms with Crippen molar-refractivity contribution in [2.24, 2.45) is 0 Å². The Morgan fingerprint density at radius 2 is 1.80 bits per heavy atom. The van der Waals surface area contributed by atoms with Crippen molar-refractivity contribution in [2.75, 3.05) is 5.32 Å². The molecular weight excluding hydrogens is 410 g/mol. The van der Waals surface area contributed by atoms with Crippen LogP contribution >= 0.6 is 0 Å². The van der Waals surface area contributed by atoms with Crippen LogP contribution in [0.2, 0.25) is 0 Å². The summed E-state index contributed by atoms with van der Waals surface area (Å²) in [5, 5.41) is 13.6. The van der Waals surface area contributed by atoms with Crippen LogP contribution in [-0.2, 0) is 21.4 Å². The highest BCUT2D eigenvalue weighted by atomic mass is 32.2. The molecule has 0 saturated heterocycles. The van der Waals surface area contributed by atoms with Gasteiger partial charge in [0.15, 0.2) is 0 Å². The second-order valence-corrected chi connectivity index (χ2v) is 7.83. The van der Waals surface area contributed by atoms with Crippen molar-refractivity contribution in [2.45, 2.75) is 11.4 Å². The van der Waals surface area contributed by atoms with Gasteiger partial charge < -0.3 is 9.73 Å². The smallest absolute Gasteiger partial charge is 0.276 e. The fourth-order valence-electron chi connectivity index (χ4n) is 2.52. The zero-order chi connectivity index (χ0) is 21.6. The molecule has 1 aromatic heterocycles. The molecule has 3 aromatic rings. The van der Waals surface area contributed by atoms with E-state index in [1.165, 1.54) is 54.8 Å². The van der Waals surface area contributed by atoms with Crippen LogP contribution in [0.4, 0.5) is 11.4 Å². The number of para-hydroxylation sites is 1. The summed E-state index contributed by atoms with van der Waals surface area (Å²) in [5.41, 5.74) is 0.553. The summed E-state index contributed by atoms with van der Waals surface area (Å²) >= 11 is 0. The number of anilines is 1. The number of nitrogens with one attached hydrogen (secondary N) is 2. The van der Waals surface area contributed by atoms with Crippen LogP contribution in [-0.4, -0.2) is 19.2 Å². The maximum absolute atomic E-state index is 12.3. The number of carbonyl (C=O) groups is 1. The van der Waals surface area contributed by atoms with E-state index in [9.17, 15) is 23.3 Å². The topological polar surface area (TPSA) is 132 Å². The number of hydrogen-bond donors (Lipinski definition) is 2. The number of carbonyl (C=O) groups excluding carboxylic acids is 1. The first-order valence-electron chi connectivity index (χ1n) is 8.70. The van der Waals surface area contributed by atoms with Gasteiger partial charge in [-0.1, -0.05) is 12.1 Å². The SMILES string of the molecule is O=C(/C=C/c1ccccc1[N+](=O)[O-])Nc1ccc(S(=O)(=O)NCc2ccco2)cc1. The summed E-state index contributed by atoms with van der Waals surface area (Å²) in [7, 11) is -3.74. The van der Waals surface area contributed by atoms with Crippen LogP contribution in [0.1, 0.15) is 11.3 Å². The first kappa shape index (κ1) is 21.0. The van der Waals surface area contributed by atoms with Crippen molar-refractivity contribution in [3.8, 4) is 0 Å². The fourth-order valence-corrected chi connectivity index (χ4v) is 3.52. The van der Waals surface area contributed by atoms with E-state index >= 15 is 0 Å². The molecule has 0 spiro atoms. The number of amides is 1. The largest absolute Gasteiger partial charge is 0.468 e. The van der Waals surface area contributed by atoms with Gasteiger partial charge in [0.25, 0.3) is 5.69 Å². The Morgan fingerprint density at radius 3 is 2.47 bits per heavy atom. The number of furan rings is 1. The minimum absolute atomic E-state index is 0.0181. The summed E-state index contributed by atoms with van der Waals surface area (Å²) in [6.07, 6.45) is 3.95. The molecule has 2 aromatic carbocycles. The third-order valence-electron chi connectivity index (χ3n) is 4.00. The summed E-state index contributed by atoms with van der Waals surface area (Å²) in [5.74, 6) is -0.0346. The molecule has 30 heavy (non-hydrogen) atoms. The van der Waals surface area contributed by atoms with Gasteiger partial charge in [0, 0.05) is 17.8 Å². The van der Waals surface area contributed by atoms with E-state index in [2.05, 4.69) is 10.0 Å². The molecule has 0 atom stereocenters. The van der Waals surface area contributed by atoms with E-state index in [0.717, 1.165) is 6.08 Å². The molecule has 1 amide bonds. The molecule has 154 valence electrons. The Balaban J connectivity index is 1.62. The minimum atomic E-state index is -3.74. The summed E-state index contributed by atoms with van der Waals surface area (Å²) in [6, 6.07) is 14.9. The van der Waals surface area contributed by atoms with Gasteiger partial charge >= 0.3 is 0 Å². The quantitative estimate of drug-likeness (QED) is 0.322. The van der Waals surface area contributed by atoms with Crippen molar-refractivity contribution < 1.29 is 22.6 Å². The molecule has 0 aliphatic carbocycles. The number of rotatable bonds is 8. The van der Waals surface area contributed by atoms with Gasteiger partial charge in [-0.2, -0.15) is 0 Å². The Hall–Kier alpha value is -3.76. The Morgan fingerprint density at radius 1 is 1.07 bits per heavy atom. The lowest BCUT2D eigenvalue weighted by Crippen LogP contribution is -2.23. The van der Waals surface area contributed by atoms with Crippen LogP contribution in [0, 0.1) is 10.1 Å². The molecule has 10 heteroatoms. The Kier molecular flexibility index (Phi) is 6.40. The van der Waals surface area contributed by atoms with Gasteiger partial charge in [0.2, 0.25) is 15.9 Å². The molecule has 0 fully saturated rings. The molecule has 0 saturated carbocycles. The second kappa shape index (κ2) is 9.16. The Bertz CT molecular complexity index is 1170. The predicted molar refractivity (Wildman–Crippen MR) is 110 cm³/mol. The first-order chi connectivity index (χ1) is 14.3. The highest BCUT2D eigenvalue weighted by Gasteiger charge is 2.14. The maximum Gasteiger partial charge on any atom is 0.276 e. The van der Waals surface area contributed by atoms with Crippen LogP contribution in [0.15, 0.2) is 82.3 Å². The van der Waals surface area contributed by atoms with E-state index < -0.39 is 20.9 Å². The standard InChI is InChI=1S/C20H17N3O6S/c24-20(12-7-15-4-1-2-6-19(15)23(25)26)22-16-8-10-18(11-9-16)30(27,28)21-14-17-5-3-13-29-17/h1-13,21H,14H2,(H,22,24)/b12-7+. The second-order valence-electron chi connectivity index (χ2n) is 6.07. The number of hydrogen-bond acceptors (Lipinski definition) is 6. The van der Waals surface area contributed by atoms with Crippen molar-refractivity contribution in [1.82, 2.24) is 4.72 Å². The van der Waals surface area contributed by atoms with Gasteiger partial charge in [0.1, 0.15) is 5.76 Å². The van der Waals surface area contributed by atoms with Crippen molar-refractivity contribution in [3.05, 3.63) is 94.4 Å². The number of nitro groups is 1. The molecule has 0 radical (unpaired) electrons. The van der Waals surface area contributed by atoms with E-state index in [1.54, 1.807) is 18.2 Å². The van der Waals surface area contributed by atoms with Crippen LogP contribution < -0.4 is 10.0 Å². The van der Waals surface area contributed by atoms with Gasteiger partial charge in [-0.25, -0.2) is 13.1 Å². The summed E-state index contributed by atoms with van der Waals surface area (Å²) < 4.78 is 32.1. The van der Waals surface area contributed by atoms with E-state index in [-0.39, 0.29) is 17.1 Å². The summed E-state index contributed by atoms with van der Waals surface area (Å²) in [6.45, 7) is 0.0181. The predicted octanol–water partition coefficient (Wildman–Crippen LogP) is 3.32. The number of benzene rings is 2. The number of nitrogens with zero attached hydrogens (tertiary/aromatic N) is 1. The van der Waals surface area contributed by atoms with Gasteiger partial charge in [-0.05, 0) is 48.5 Å². The lowest BCUT2D eigenvalue weighted by molar-refractivity contribution is -0.385. The molecule has 1 heterocycles. The fraction of sp³-hybridized carbons (Fsp3) is 0.0500. The van der Waals surface area contributed by atoms with Gasteiger partial charge in [-0.3, -0.25) is 14.9 Å². The monoisotopic (exact) mass is 427 g/mol. The van der Waals surface area contributed by atoms with Crippen molar-refractivity contribution in [3.63, 3.8) is 0 Å². The van der Waals surface area contributed by atoms with Crippen molar-refractivity contribution >= 4 is 33.4 Å². The molecule has 0 unspecified atom stereocenters. The highest BCUT2D eigenvalue weighted by molar-refractivity contribution is 7.89. The van der Waals surface area contributed by atoms with Crippen LogP contribution in [0.3, 0.4) is 0 Å². The van der Waals surface area contributed by atoms with E-state index in [1.807, 2.05) is 0 Å². The van der Waals surface area contributed by atoms with E-state index in [4.69, 9.17) is 4.42 Å². The molecular formula is C20H17N3O6S. The Labute approximate surface area is 172 Å². The molecule has 9 nitrogen and oxygen atoms in total. The third kappa shape index (κ3) is 5.40. The minimum Gasteiger partial charge on any atom is -0.468 e. The molecule has 0 bridgehead atoms. The van der Waals surface area contributed by atoms with Crippen LogP contribution in [0.5, 0.6) is 0 Å². The normalized spacial score (nSPS) is 11.5. The average Bonchev–Trinajstić information content (AvgIpc) is 3.25. The zero-order valence-electron chi connectivity index (χ0n) is 15.5. The molecule has 0 aliphatic rings. The van der Waals surface area contributed by atoms with Gasteiger partial charge in [-0.15, -0.1) is 0 Å². The lowest BCUT2D eigenvalue weighted by Gasteiger charge is -2.07. The van der Waals surface area contributed by atoms with Crippen LogP contribution in [0.25, 0.3) is 6.08 Å². The molecule has 0 aliphatic heterocycles. The maximum atomic E-state index is 12.3. The third-order valence-corrected chi connectivity index (χ3v) is 5.41. The zero-order valence-corrected chi connectivity index (χ0v) is 16.3. The number of sulfonamides is 1. The molecule has 2 N–H and O–H groups in total.